The van der Waals surface area contributed by atoms with Crippen LogP contribution in [0.15, 0.2) is 29.1 Å². The van der Waals surface area contributed by atoms with E-state index in [1.54, 1.807) is 11.3 Å². The van der Waals surface area contributed by atoms with Gasteiger partial charge in [-0.15, -0.1) is 22.7 Å². The zero-order chi connectivity index (χ0) is 11.1. The molecule has 0 aromatic carbocycles. The lowest BCUT2D eigenvalue weighted by Gasteiger charge is -2.00. The van der Waals surface area contributed by atoms with E-state index >= 15 is 0 Å². The Kier molecular flexibility index (Phi) is 2.19. The van der Waals surface area contributed by atoms with Gasteiger partial charge >= 0.3 is 0 Å². The molecule has 3 heterocycles. The fourth-order valence-electron chi connectivity index (χ4n) is 1.97. The molecule has 0 aliphatic carbocycles. The lowest BCUT2D eigenvalue weighted by Crippen LogP contribution is -1.87. The summed E-state index contributed by atoms with van der Waals surface area (Å²) in [5, 5.41) is 4.02. The third-order valence-electron chi connectivity index (χ3n) is 2.65. The lowest BCUT2D eigenvalue weighted by atomic mass is 10.1. The second-order valence-electron chi connectivity index (χ2n) is 3.60. The Balaban J connectivity index is 2.36. The van der Waals surface area contributed by atoms with E-state index in [0.29, 0.717) is 0 Å². The van der Waals surface area contributed by atoms with Gasteiger partial charge in [0.25, 0.3) is 0 Å². The first-order valence-corrected chi connectivity index (χ1v) is 6.65. The summed E-state index contributed by atoms with van der Waals surface area (Å²) < 4.78 is 2.15. The van der Waals surface area contributed by atoms with E-state index in [4.69, 9.17) is 0 Å². The van der Waals surface area contributed by atoms with Gasteiger partial charge in [0.1, 0.15) is 0 Å². The first-order valence-electron chi connectivity index (χ1n) is 4.89. The molecule has 0 amide bonds. The average molecular weight is 247 g/mol. The fourth-order valence-corrected chi connectivity index (χ4v) is 3.50. The van der Waals surface area contributed by atoms with E-state index in [1.807, 2.05) is 11.4 Å². The number of nitrogens with zero attached hydrogens (tertiary/aromatic N) is 1. The number of fused-ring (bicyclic) bond motifs is 1. The summed E-state index contributed by atoms with van der Waals surface area (Å²) in [5.74, 6) is 0. The van der Waals surface area contributed by atoms with Crippen LogP contribution in [0.4, 0.5) is 0 Å². The van der Waals surface area contributed by atoms with Gasteiger partial charge in [0.15, 0.2) is 6.29 Å². The minimum atomic E-state index is 0.800. The molecule has 0 aliphatic rings. The molecule has 3 aromatic heterocycles. The number of hydrogen-bond donors (Lipinski definition) is 0. The van der Waals surface area contributed by atoms with Crippen LogP contribution >= 0.6 is 22.7 Å². The van der Waals surface area contributed by atoms with Gasteiger partial charge in [-0.1, -0.05) is 0 Å². The van der Waals surface area contributed by atoms with Crippen LogP contribution in [-0.2, 0) is 0 Å². The molecule has 0 aliphatic heterocycles. The Morgan fingerprint density at radius 2 is 2.19 bits per heavy atom. The van der Waals surface area contributed by atoms with E-state index in [2.05, 4.69) is 29.0 Å². The smallest absolute Gasteiger partial charge is 0.160 e. The van der Waals surface area contributed by atoms with Crippen LogP contribution in [-0.4, -0.2) is 10.7 Å². The third kappa shape index (κ3) is 1.27. The zero-order valence-electron chi connectivity index (χ0n) is 8.64. The number of aryl methyl sites for hydroxylation is 1. The minimum Gasteiger partial charge on any atom is -0.307 e. The van der Waals surface area contributed by atoms with Crippen molar-refractivity contribution in [3.8, 4) is 11.3 Å². The number of aromatic nitrogens is 1. The Labute approximate surface area is 101 Å². The minimum absolute atomic E-state index is 0.800. The molecule has 80 valence electrons. The van der Waals surface area contributed by atoms with Gasteiger partial charge in [-0.05, 0) is 30.0 Å². The molecule has 4 heteroatoms. The van der Waals surface area contributed by atoms with Crippen molar-refractivity contribution in [2.45, 2.75) is 6.92 Å². The van der Waals surface area contributed by atoms with Crippen LogP contribution in [0.1, 0.15) is 15.2 Å². The molecule has 2 nitrogen and oxygen atoms in total. The highest BCUT2D eigenvalue weighted by molar-refractivity contribution is 7.15. The fraction of sp³-hybridized carbons (Fsp3) is 0.0833. The highest BCUT2D eigenvalue weighted by atomic mass is 32.1. The predicted octanol–water partition coefficient (Wildman–Crippen LogP) is 3.85. The summed E-state index contributed by atoms with van der Waals surface area (Å²) in [7, 11) is 0. The largest absolute Gasteiger partial charge is 0.307 e. The van der Waals surface area contributed by atoms with Crippen LogP contribution < -0.4 is 0 Å². The van der Waals surface area contributed by atoms with Crippen LogP contribution in [0.3, 0.4) is 0 Å². The monoisotopic (exact) mass is 247 g/mol. The molecule has 16 heavy (non-hydrogen) atoms. The molecule has 3 rings (SSSR count). The molecule has 0 fully saturated rings. The molecule has 0 atom stereocenters. The van der Waals surface area contributed by atoms with Gasteiger partial charge in [0.2, 0.25) is 0 Å². The predicted molar refractivity (Wildman–Crippen MR) is 68.7 cm³/mol. The van der Waals surface area contributed by atoms with E-state index in [9.17, 15) is 4.79 Å². The van der Waals surface area contributed by atoms with Crippen LogP contribution in [0.2, 0.25) is 0 Å². The third-order valence-corrected chi connectivity index (χ3v) is 4.30. The average Bonchev–Trinajstić information content (AvgIpc) is 2.91. The highest BCUT2D eigenvalue weighted by Crippen LogP contribution is 2.33. The second-order valence-corrected chi connectivity index (χ2v) is 5.48. The first-order chi connectivity index (χ1) is 7.81. The van der Waals surface area contributed by atoms with Crippen LogP contribution in [0, 0.1) is 6.92 Å². The summed E-state index contributed by atoms with van der Waals surface area (Å²) in [6.07, 6.45) is 2.99. The quantitative estimate of drug-likeness (QED) is 0.630. The van der Waals surface area contributed by atoms with Crippen molar-refractivity contribution >= 4 is 33.8 Å². The van der Waals surface area contributed by atoms with Crippen molar-refractivity contribution < 1.29 is 4.79 Å². The molecule has 3 aromatic rings. The summed E-state index contributed by atoms with van der Waals surface area (Å²) >= 11 is 3.20. The standard InChI is InChI=1S/C12H9NOS2/c1-8-6-11-13(3-5-16-11)12(8)9-2-4-15-10(9)7-14/h2-7H,1H3. The maximum Gasteiger partial charge on any atom is 0.160 e. The molecular weight excluding hydrogens is 238 g/mol. The van der Waals surface area contributed by atoms with Crippen molar-refractivity contribution in [3.63, 3.8) is 0 Å². The molecule has 0 N–H and O–H groups in total. The maximum atomic E-state index is 11.0. The van der Waals surface area contributed by atoms with Gasteiger partial charge in [-0.2, -0.15) is 0 Å². The topological polar surface area (TPSA) is 21.5 Å². The van der Waals surface area contributed by atoms with Gasteiger partial charge in [0.05, 0.1) is 15.4 Å². The van der Waals surface area contributed by atoms with Crippen molar-refractivity contribution in [2.24, 2.45) is 0 Å². The molecule has 0 bridgehead atoms. The van der Waals surface area contributed by atoms with Crippen molar-refractivity contribution in [3.05, 3.63) is 39.5 Å². The van der Waals surface area contributed by atoms with Gasteiger partial charge < -0.3 is 4.40 Å². The van der Waals surface area contributed by atoms with E-state index in [0.717, 1.165) is 22.4 Å². The Morgan fingerprint density at radius 1 is 1.31 bits per heavy atom. The summed E-state index contributed by atoms with van der Waals surface area (Å²) in [6.45, 7) is 2.08. The van der Waals surface area contributed by atoms with Crippen LogP contribution in [0.25, 0.3) is 16.1 Å². The van der Waals surface area contributed by atoms with Gasteiger partial charge in [-0.25, -0.2) is 0 Å². The van der Waals surface area contributed by atoms with Gasteiger partial charge in [0, 0.05) is 17.1 Å². The molecular formula is C12H9NOS2. The highest BCUT2D eigenvalue weighted by Gasteiger charge is 2.14. The molecule has 0 spiro atoms. The Bertz CT molecular complexity index is 659. The molecule has 0 unspecified atom stereocenters. The summed E-state index contributed by atoms with van der Waals surface area (Å²) in [4.78, 5) is 13.0. The number of thiophene rings is 1. The summed E-state index contributed by atoms with van der Waals surface area (Å²) in [6, 6.07) is 4.17. The molecule has 0 radical (unpaired) electrons. The maximum absolute atomic E-state index is 11.0. The Hall–Kier alpha value is -1.39. The molecule has 0 saturated carbocycles. The SMILES string of the molecule is Cc1cc2sccn2c1-c1ccsc1C=O. The normalized spacial score (nSPS) is 11.1. The van der Waals surface area contributed by atoms with E-state index < -0.39 is 0 Å². The van der Waals surface area contributed by atoms with E-state index in [-0.39, 0.29) is 0 Å². The molecule has 0 saturated heterocycles. The second kappa shape index (κ2) is 3.57. The first kappa shape index (κ1) is 9.81. The summed E-state index contributed by atoms with van der Waals surface area (Å²) in [5.41, 5.74) is 3.39. The lowest BCUT2D eigenvalue weighted by molar-refractivity contribution is 0.112. The number of rotatable bonds is 2. The van der Waals surface area contributed by atoms with Gasteiger partial charge in [-0.3, -0.25) is 4.79 Å². The van der Waals surface area contributed by atoms with Crippen molar-refractivity contribution in [2.75, 3.05) is 0 Å². The van der Waals surface area contributed by atoms with Crippen LogP contribution in [0.5, 0.6) is 0 Å². The van der Waals surface area contributed by atoms with Crippen molar-refractivity contribution in [1.29, 1.82) is 0 Å². The number of carbonyl (C=O) groups excluding carboxylic acids is 1. The van der Waals surface area contributed by atoms with E-state index in [1.165, 1.54) is 21.7 Å². The number of thiazole rings is 1. The zero-order valence-corrected chi connectivity index (χ0v) is 10.3. The number of aldehydes is 1. The van der Waals surface area contributed by atoms with Crippen molar-refractivity contribution in [1.82, 2.24) is 4.40 Å². The Morgan fingerprint density at radius 3 is 3.00 bits per heavy atom. The number of hydrogen-bond acceptors (Lipinski definition) is 3. The number of carbonyl (C=O) groups is 1.